The zero-order valence-electron chi connectivity index (χ0n) is 22.3. The first-order valence-electron chi connectivity index (χ1n) is 13.5. The van der Waals surface area contributed by atoms with Crippen LogP contribution in [0.4, 0.5) is 25.1 Å². The largest absolute Gasteiger partial charge is 0.339 e. The van der Waals surface area contributed by atoms with Crippen LogP contribution in [0.5, 0.6) is 0 Å². The van der Waals surface area contributed by atoms with Crippen molar-refractivity contribution < 1.29 is 22.5 Å². The molecule has 10 nitrogen and oxygen atoms in total. The molecule has 2 atom stereocenters. The zero-order valence-corrected chi connectivity index (χ0v) is 22.3. The number of carbonyl (C=O) groups is 1. The third-order valence-electron chi connectivity index (χ3n) is 7.78. The highest BCUT2D eigenvalue weighted by Gasteiger charge is 2.34. The second-order valence-electron chi connectivity index (χ2n) is 10.6. The summed E-state index contributed by atoms with van der Waals surface area (Å²) in [6.07, 6.45) is 7.75. The lowest BCUT2D eigenvalue weighted by Crippen LogP contribution is -2.45. The van der Waals surface area contributed by atoms with Crippen LogP contribution in [-0.2, 0) is 0 Å². The summed E-state index contributed by atoms with van der Waals surface area (Å²) in [6, 6.07) is 0.186. The first-order chi connectivity index (χ1) is 19.2. The molecule has 3 fully saturated rings. The van der Waals surface area contributed by atoms with Gasteiger partial charge in [0, 0.05) is 76.1 Å². The van der Waals surface area contributed by atoms with Crippen LogP contribution in [0.15, 0.2) is 53.1 Å². The van der Waals surface area contributed by atoms with Gasteiger partial charge in [-0.25, -0.2) is 23.1 Å². The molecule has 2 aromatic heterocycles. The molecule has 0 spiro atoms. The quantitative estimate of drug-likeness (QED) is 0.458. The van der Waals surface area contributed by atoms with E-state index in [-0.39, 0.29) is 24.3 Å². The van der Waals surface area contributed by atoms with Crippen LogP contribution in [0.2, 0.25) is 0 Å². The number of nitrogens with two attached hydrogens (primary N) is 1. The summed E-state index contributed by atoms with van der Waals surface area (Å²) >= 11 is 0. The summed E-state index contributed by atoms with van der Waals surface area (Å²) in [4.78, 5) is 31.9. The minimum absolute atomic E-state index is 0.0502. The molecule has 1 amide bonds. The maximum atomic E-state index is 14.2. The second-order valence-corrected chi connectivity index (χ2v) is 10.6. The van der Waals surface area contributed by atoms with Crippen molar-refractivity contribution in [3.8, 4) is 0 Å². The topological polar surface area (TPSA) is 118 Å². The van der Waals surface area contributed by atoms with Crippen molar-refractivity contribution >= 4 is 17.9 Å². The van der Waals surface area contributed by atoms with E-state index in [1.165, 1.54) is 12.4 Å². The van der Waals surface area contributed by atoms with E-state index in [2.05, 4.69) is 31.6 Å². The van der Waals surface area contributed by atoms with Gasteiger partial charge in [0.25, 0.3) is 5.91 Å². The SMILES string of the molecule is C=C/C(F)=C(F)\C=C(\F)C[C@H]1CN(c2ncc(C(=O)N(C)C3CCN(c4nc(C5CC5)no4)CC3)cn2)C[C@@H]1N. The maximum absolute atomic E-state index is 14.2. The molecule has 40 heavy (non-hydrogen) atoms. The summed E-state index contributed by atoms with van der Waals surface area (Å²) in [5.74, 6) is -2.29. The molecule has 2 aromatic rings. The van der Waals surface area contributed by atoms with Gasteiger partial charge >= 0.3 is 6.01 Å². The molecule has 1 aliphatic carbocycles. The Balaban J connectivity index is 1.13. The third kappa shape index (κ3) is 6.19. The van der Waals surface area contributed by atoms with Crippen molar-refractivity contribution in [2.24, 2.45) is 11.7 Å². The van der Waals surface area contributed by atoms with Crippen LogP contribution in [0, 0.1) is 5.92 Å². The standard InChI is InChI=1S/C27H33F3N8O2/c1-3-21(29)22(30)11-19(28)10-17-14-38(15-23(17)31)26-32-12-18(13-33-26)25(39)36(2)20-6-8-37(9-7-20)27-34-24(35-40-27)16-4-5-16/h3,11-13,16-17,20,23H,1,4-10,14-15,31H2,2H3/b19-11+,22-21-/t17-,23-/m0/s1. The summed E-state index contributed by atoms with van der Waals surface area (Å²) in [5.41, 5.74) is 6.53. The van der Waals surface area contributed by atoms with Crippen LogP contribution in [0.25, 0.3) is 0 Å². The molecule has 5 rings (SSSR count). The summed E-state index contributed by atoms with van der Waals surface area (Å²) in [5, 5.41) is 4.08. The van der Waals surface area contributed by atoms with Crippen molar-refractivity contribution in [2.75, 3.05) is 43.0 Å². The molecule has 0 bridgehead atoms. The summed E-state index contributed by atoms with van der Waals surface area (Å²) in [7, 11) is 1.78. The molecule has 1 saturated carbocycles. The molecule has 0 unspecified atom stereocenters. The number of hydrogen-bond donors (Lipinski definition) is 1. The number of halogens is 3. The van der Waals surface area contributed by atoms with Crippen molar-refractivity contribution in [2.45, 2.75) is 50.1 Å². The van der Waals surface area contributed by atoms with Crippen LogP contribution in [0.3, 0.4) is 0 Å². The van der Waals surface area contributed by atoms with Gasteiger partial charge in [-0.15, -0.1) is 0 Å². The Morgan fingerprint density at radius 2 is 1.82 bits per heavy atom. The number of carbonyl (C=O) groups excluding carboxylic acids is 1. The van der Waals surface area contributed by atoms with Gasteiger partial charge in [0.1, 0.15) is 5.83 Å². The number of piperidine rings is 1. The first kappa shape index (κ1) is 27.8. The van der Waals surface area contributed by atoms with Crippen molar-refractivity contribution in [1.29, 1.82) is 0 Å². The average Bonchev–Trinajstić information content (AvgIpc) is 3.59. The van der Waals surface area contributed by atoms with Crippen LogP contribution in [0.1, 0.15) is 54.2 Å². The molecule has 0 radical (unpaired) electrons. The fourth-order valence-corrected chi connectivity index (χ4v) is 5.16. The highest BCUT2D eigenvalue weighted by Crippen LogP contribution is 2.39. The second kappa shape index (κ2) is 11.8. The van der Waals surface area contributed by atoms with E-state index in [9.17, 15) is 18.0 Å². The highest BCUT2D eigenvalue weighted by atomic mass is 19.2. The number of hydrogen-bond acceptors (Lipinski definition) is 9. The Kier molecular flexibility index (Phi) is 8.19. The Bertz CT molecular complexity index is 1280. The van der Waals surface area contributed by atoms with E-state index >= 15 is 0 Å². The highest BCUT2D eigenvalue weighted by molar-refractivity contribution is 5.93. The number of aromatic nitrogens is 4. The smallest absolute Gasteiger partial charge is 0.324 e. The predicted octanol–water partition coefficient (Wildman–Crippen LogP) is 3.82. The third-order valence-corrected chi connectivity index (χ3v) is 7.78. The van der Waals surface area contributed by atoms with E-state index in [4.69, 9.17) is 10.3 Å². The first-order valence-corrected chi connectivity index (χ1v) is 13.5. The summed E-state index contributed by atoms with van der Waals surface area (Å²) < 4.78 is 46.4. The molecule has 13 heteroatoms. The fourth-order valence-electron chi connectivity index (χ4n) is 5.16. The van der Waals surface area contributed by atoms with Gasteiger partial charge in [0.15, 0.2) is 17.5 Å². The minimum Gasteiger partial charge on any atom is -0.339 e. The van der Waals surface area contributed by atoms with Crippen molar-refractivity contribution in [3.63, 3.8) is 0 Å². The lowest BCUT2D eigenvalue weighted by molar-refractivity contribution is 0.0707. The van der Waals surface area contributed by atoms with Crippen LogP contribution in [-0.4, -0.2) is 76.2 Å². The van der Waals surface area contributed by atoms with E-state index in [1.54, 1.807) is 16.8 Å². The number of anilines is 2. The van der Waals surface area contributed by atoms with E-state index in [1.807, 2.05) is 0 Å². The monoisotopic (exact) mass is 558 g/mol. The lowest BCUT2D eigenvalue weighted by atomic mass is 9.99. The maximum Gasteiger partial charge on any atom is 0.324 e. The molecule has 4 heterocycles. The number of allylic oxidation sites excluding steroid dienone is 5. The van der Waals surface area contributed by atoms with Crippen molar-refractivity contribution in [3.05, 3.63) is 60.0 Å². The molecule has 2 saturated heterocycles. The number of nitrogens with zero attached hydrogens (tertiary/aromatic N) is 7. The molecule has 2 aliphatic heterocycles. The van der Waals surface area contributed by atoms with Gasteiger partial charge in [-0.3, -0.25) is 4.79 Å². The number of amides is 1. The zero-order chi connectivity index (χ0) is 28.4. The molecule has 0 aromatic carbocycles. The van der Waals surface area contributed by atoms with Gasteiger partial charge in [0.05, 0.1) is 5.56 Å². The van der Waals surface area contributed by atoms with E-state index in [0.29, 0.717) is 61.8 Å². The minimum atomic E-state index is -1.32. The molecule has 214 valence electrons. The molecule has 2 N–H and O–H groups in total. The van der Waals surface area contributed by atoms with Crippen molar-refractivity contribution in [1.82, 2.24) is 25.0 Å². The van der Waals surface area contributed by atoms with Gasteiger partial charge in [-0.1, -0.05) is 11.7 Å². The van der Waals surface area contributed by atoms with Gasteiger partial charge in [0.2, 0.25) is 5.95 Å². The van der Waals surface area contributed by atoms with Gasteiger partial charge in [-0.2, -0.15) is 4.98 Å². The molecular formula is C27H33F3N8O2. The van der Waals surface area contributed by atoms with Crippen LogP contribution >= 0.6 is 0 Å². The Labute approximate surface area is 230 Å². The van der Waals surface area contributed by atoms with E-state index < -0.39 is 23.5 Å². The van der Waals surface area contributed by atoms with E-state index in [0.717, 1.165) is 31.5 Å². The normalized spacial score (nSPS) is 22.9. The predicted molar refractivity (Wildman–Crippen MR) is 143 cm³/mol. The lowest BCUT2D eigenvalue weighted by Gasteiger charge is -2.35. The molecule has 3 aliphatic rings. The average molecular weight is 559 g/mol. The molecular weight excluding hydrogens is 525 g/mol. The van der Waals surface area contributed by atoms with Gasteiger partial charge in [-0.05, 0) is 37.7 Å². The fraction of sp³-hybridized carbons (Fsp3) is 0.519. The number of rotatable bonds is 9. The Morgan fingerprint density at radius 1 is 1.12 bits per heavy atom. The van der Waals surface area contributed by atoms with Crippen LogP contribution < -0.4 is 15.5 Å². The summed E-state index contributed by atoms with van der Waals surface area (Å²) in [6.45, 7) is 5.25. The Morgan fingerprint density at radius 3 is 2.48 bits per heavy atom. The Hall–Kier alpha value is -3.74. The van der Waals surface area contributed by atoms with Gasteiger partial charge < -0.3 is 25.0 Å².